The molecule has 0 bridgehead atoms. The van der Waals surface area contributed by atoms with E-state index in [-0.39, 0.29) is 6.04 Å². The van der Waals surface area contributed by atoms with Gasteiger partial charge in [0.15, 0.2) is 0 Å². The number of hydrogen-bond donors (Lipinski definition) is 1. The highest BCUT2D eigenvalue weighted by Crippen LogP contribution is 2.39. The third kappa shape index (κ3) is 3.07. The Labute approximate surface area is 126 Å². The molecule has 116 valence electrons. The second-order valence-corrected chi connectivity index (χ2v) is 6.17. The Morgan fingerprint density at radius 3 is 2.86 bits per heavy atom. The Morgan fingerprint density at radius 2 is 2.14 bits per heavy atom. The molecule has 1 heterocycles. The first-order valence-corrected chi connectivity index (χ1v) is 7.87. The van der Waals surface area contributed by atoms with Gasteiger partial charge in [0.05, 0.1) is 12.6 Å². The normalized spacial score (nSPS) is 26.3. The molecule has 0 spiro atoms. The summed E-state index contributed by atoms with van der Waals surface area (Å²) in [5, 5.41) is 10.8. The van der Waals surface area contributed by atoms with Crippen molar-refractivity contribution in [2.75, 3.05) is 26.9 Å². The molecule has 1 aliphatic heterocycles. The number of hydrogen-bond acceptors (Lipinski definition) is 4. The fourth-order valence-corrected chi connectivity index (χ4v) is 3.32. The quantitative estimate of drug-likeness (QED) is 0.873. The monoisotopic (exact) mass is 291 g/mol. The second-order valence-electron chi connectivity index (χ2n) is 6.17. The van der Waals surface area contributed by atoms with E-state index in [1.165, 1.54) is 12.8 Å². The van der Waals surface area contributed by atoms with Gasteiger partial charge >= 0.3 is 0 Å². The van der Waals surface area contributed by atoms with Crippen LogP contribution in [0.15, 0.2) is 24.3 Å². The summed E-state index contributed by atoms with van der Waals surface area (Å²) in [6.45, 7) is 4.32. The molecule has 1 aromatic carbocycles. The van der Waals surface area contributed by atoms with Crippen molar-refractivity contribution in [1.82, 2.24) is 4.90 Å². The number of ether oxygens (including phenoxy) is 2. The lowest BCUT2D eigenvalue weighted by molar-refractivity contribution is -0.0268. The van der Waals surface area contributed by atoms with Gasteiger partial charge in [-0.1, -0.05) is 18.2 Å². The summed E-state index contributed by atoms with van der Waals surface area (Å²) in [5.74, 6) is 1.57. The van der Waals surface area contributed by atoms with Gasteiger partial charge in [0.2, 0.25) is 0 Å². The summed E-state index contributed by atoms with van der Waals surface area (Å²) in [5.41, 5.74) is 0.902. The summed E-state index contributed by atoms with van der Waals surface area (Å²) >= 11 is 0. The van der Waals surface area contributed by atoms with E-state index in [2.05, 4.69) is 11.8 Å². The van der Waals surface area contributed by atoms with E-state index < -0.39 is 6.10 Å². The van der Waals surface area contributed by atoms with Crippen molar-refractivity contribution in [2.24, 2.45) is 5.92 Å². The van der Waals surface area contributed by atoms with Gasteiger partial charge in [0, 0.05) is 25.3 Å². The number of nitrogens with zero attached hydrogens (tertiary/aromatic N) is 1. The van der Waals surface area contributed by atoms with Crippen molar-refractivity contribution in [3.63, 3.8) is 0 Å². The number of aliphatic hydroxyl groups excluding tert-OH is 1. The molecule has 3 rings (SSSR count). The first kappa shape index (κ1) is 14.8. The molecule has 1 saturated carbocycles. The van der Waals surface area contributed by atoms with Gasteiger partial charge in [-0.25, -0.2) is 0 Å². The molecule has 1 N–H and O–H groups in total. The Morgan fingerprint density at radius 1 is 1.38 bits per heavy atom. The minimum Gasteiger partial charge on any atom is -0.491 e. The van der Waals surface area contributed by atoms with E-state index in [1.54, 1.807) is 7.11 Å². The van der Waals surface area contributed by atoms with Crippen LogP contribution in [0.1, 0.15) is 31.4 Å². The molecule has 1 aliphatic carbocycles. The molecule has 1 aromatic rings. The maximum absolute atomic E-state index is 10.8. The largest absolute Gasteiger partial charge is 0.491 e. The molecule has 1 fully saturated rings. The third-order valence-electron chi connectivity index (χ3n) is 4.82. The predicted molar refractivity (Wildman–Crippen MR) is 81.5 cm³/mol. The van der Waals surface area contributed by atoms with Crippen molar-refractivity contribution in [3.05, 3.63) is 29.8 Å². The zero-order valence-corrected chi connectivity index (χ0v) is 12.9. The van der Waals surface area contributed by atoms with Crippen molar-refractivity contribution in [2.45, 2.75) is 38.0 Å². The van der Waals surface area contributed by atoms with Crippen LogP contribution in [0.4, 0.5) is 0 Å². The van der Waals surface area contributed by atoms with Crippen LogP contribution in [-0.2, 0) is 4.74 Å². The molecule has 4 heteroatoms. The van der Waals surface area contributed by atoms with Crippen molar-refractivity contribution < 1.29 is 14.6 Å². The number of rotatable bonds is 6. The highest BCUT2D eigenvalue weighted by Gasteiger charge is 2.40. The van der Waals surface area contributed by atoms with Crippen LogP contribution in [-0.4, -0.2) is 49.0 Å². The van der Waals surface area contributed by atoms with Crippen LogP contribution < -0.4 is 4.74 Å². The van der Waals surface area contributed by atoms with Crippen LogP contribution in [0.25, 0.3) is 0 Å². The minimum absolute atomic E-state index is 0.00523. The number of aliphatic hydroxyl groups is 1. The maximum atomic E-state index is 10.8. The molecular weight excluding hydrogens is 266 g/mol. The SMILES string of the molecule is COCCN(C(C)C1CC1)C1COc2ccccc2C1O. The molecule has 2 aliphatic rings. The summed E-state index contributed by atoms with van der Waals surface area (Å²) < 4.78 is 11.1. The fraction of sp³-hybridized carbons (Fsp3) is 0.647. The predicted octanol–water partition coefficient (Wildman–Crippen LogP) is 2.23. The molecule has 0 amide bonds. The van der Waals surface area contributed by atoms with Gasteiger partial charge < -0.3 is 14.6 Å². The van der Waals surface area contributed by atoms with Crippen LogP contribution in [0.2, 0.25) is 0 Å². The fourth-order valence-electron chi connectivity index (χ4n) is 3.32. The highest BCUT2D eigenvalue weighted by atomic mass is 16.5. The molecule has 0 aromatic heterocycles. The number of benzene rings is 1. The average Bonchev–Trinajstić information content (AvgIpc) is 3.34. The topological polar surface area (TPSA) is 41.9 Å². The van der Waals surface area contributed by atoms with Crippen LogP contribution in [0.3, 0.4) is 0 Å². The molecule has 21 heavy (non-hydrogen) atoms. The van der Waals surface area contributed by atoms with Crippen LogP contribution >= 0.6 is 0 Å². The Bertz CT molecular complexity index is 475. The standard InChI is InChI=1S/C17H25NO3/c1-12(13-7-8-13)18(9-10-20-2)15-11-21-16-6-4-3-5-14(16)17(15)19/h3-6,12-13,15,17,19H,7-11H2,1-2H3. The first-order chi connectivity index (χ1) is 10.2. The van der Waals surface area contributed by atoms with Crippen LogP contribution in [0, 0.1) is 5.92 Å². The second kappa shape index (κ2) is 6.34. The molecule has 3 atom stereocenters. The van der Waals surface area contributed by atoms with E-state index >= 15 is 0 Å². The van der Waals surface area contributed by atoms with Gasteiger partial charge in [0.25, 0.3) is 0 Å². The Kier molecular flexibility index (Phi) is 4.48. The van der Waals surface area contributed by atoms with E-state index in [0.717, 1.165) is 23.8 Å². The molecule has 0 radical (unpaired) electrons. The third-order valence-corrected chi connectivity index (χ3v) is 4.82. The van der Waals surface area contributed by atoms with E-state index in [9.17, 15) is 5.11 Å². The summed E-state index contributed by atoms with van der Waals surface area (Å²) in [6, 6.07) is 8.26. The lowest BCUT2D eigenvalue weighted by atomic mass is 9.96. The van der Waals surface area contributed by atoms with Crippen molar-refractivity contribution >= 4 is 0 Å². The Balaban J connectivity index is 1.79. The number of fused-ring (bicyclic) bond motifs is 1. The minimum atomic E-state index is -0.493. The lowest BCUT2D eigenvalue weighted by Crippen LogP contribution is -2.51. The van der Waals surface area contributed by atoms with Crippen molar-refractivity contribution in [1.29, 1.82) is 0 Å². The lowest BCUT2D eigenvalue weighted by Gasteiger charge is -2.41. The van der Waals surface area contributed by atoms with Gasteiger partial charge in [-0.15, -0.1) is 0 Å². The number of para-hydroxylation sites is 1. The Hall–Kier alpha value is -1.10. The molecule has 0 saturated heterocycles. The maximum Gasteiger partial charge on any atom is 0.125 e. The summed E-state index contributed by atoms with van der Waals surface area (Å²) in [7, 11) is 1.73. The summed E-state index contributed by atoms with van der Waals surface area (Å²) in [4.78, 5) is 2.38. The van der Waals surface area contributed by atoms with Gasteiger partial charge in [0.1, 0.15) is 18.5 Å². The van der Waals surface area contributed by atoms with E-state index in [1.807, 2.05) is 24.3 Å². The molecular formula is C17H25NO3. The van der Waals surface area contributed by atoms with Gasteiger partial charge in [-0.05, 0) is 31.7 Å². The average molecular weight is 291 g/mol. The molecule has 3 unspecified atom stereocenters. The van der Waals surface area contributed by atoms with Crippen molar-refractivity contribution in [3.8, 4) is 5.75 Å². The number of methoxy groups -OCH3 is 1. The first-order valence-electron chi connectivity index (χ1n) is 7.87. The van der Waals surface area contributed by atoms with Gasteiger partial charge in [-0.2, -0.15) is 0 Å². The van der Waals surface area contributed by atoms with E-state index in [0.29, 0.717) is 19.3 Å². The smallest absolute Gasteiger partial charge is 0.125 e. The zero-order valence-electron chi connectivity index (χ0n) is 12.9. The van der Waals surface area contributed by atoms with E-state index in [4.69, 9.17) is 9.47 Å². The summed E-state index contributed by atoms with van der Waals surface area (Å²) in [6.07, 6.45) is 2.10. The van der Waals surface area contributed by atoms with Gasteiger partial charge in [-0.3, -0.25) is 4.90 Å². The zero-order chi connectivity index (χ0) is 14.8. The highest BCUT2D eigenvalue weighted by molar-refractivity contribution is 5.37. The van der Waals surface area contributed by atoms with Crippen LogP contribution in [0.5, 0.6) is 5.75 Å². The molecule has 4 nitrogen and oxygen atoms in total.